The van der Waals surface area contributed by atoms with Crippen LogP contribution >= 0.6 is 0 Å². The molecule has 0 bridgehead atoms. The molecule has 0 aliphatic carbocycles. The zero-order chi connectivity index (χ0) is 18.7. The van der Waals surface area contributed by atoms with E-state index in [0.717, 1.165) is 30.1 Å². The molecule has 1 fully saturated rings. The van der Waals surface area contributed by atoms with Gasteiger partial charge in [0.25, 0.3) is 5.91 Å². The van der Waals surface area contributed by atoms with E-state index in [4.69, 9.17) is 4.74 Å². The summed E-state index contributed by atoms with van der Waals surface area (Å²) in [6.07, 6.45) is -0.520. The number of aryl methyl sites for hydroxylation is 2. The number of amides is 1. The smallest absolute Gasteiger partial charge is 0.263 e. The summed E-state index contributed by atoms with van der Waals surface area (Å²) in [4.78, 5) is 16.7. The Kier molecular flexibility index (Phi) is 5.45. The first-order valence-corrected chi connectivity index (χ1v) is 8.97. The first-order valence-electron chi connectivity index (χ1n) is 8.97. The Labute approximate surface area is 154 Å². The van der Waals surface area contributed by atoms with Crippen molar-refractivity contribution in [2.45, 2.75) is 26.9 Å². The lowest BCUT2D eigenvalue weighted by atomic mass is 10.1. The molecule has 1 aliphatic rings. The monoisotopic (exact) mass is 356 g/mol. The van der Waals surface area contributed by atoms with E-state index in [0.29, 0.717) is 13.1 Å². The van der Waals surface area contributed by atoms with Gasteiger partial charge in [0.1, 0.15) is 11.6 Å². The average molecular weight is 356 g/mol. The van der Waals surface area contributed by atoms with Gasteiger partial charge in [-0.2, -0.15) is 0 Å². The van der Waals surface area contributed by atoms with Crippen LogP contribution < -0.4 is 9.64 Å². The standard InChI is InChI=1S/C21H25FN2O2/c1-15-4-9-20(16(2)14-15)26-17(3)21(25)24-12-10-23(11-13-24)19-7-5-18(22)6-8-19/h4-9,14,17H,10-13H2,1-3H3/t17-/m0/s1. The van der Waals surface area contributed by atoms with Gasteiger partial charge in [0.05, 0.1) is 0 Å². The lowest BCUT2D eigenvalue weighted by Crippen LogP contribution is -2.52. The van der Waals surface area contributed by atoms with E-state index >= 15 is 0 Å². The largest absolute Gasteiger partial charge is 0.481 e. The predicted octanol–water partition coefficient (Wildman–Crippen LogP) is 3.56. The number of nitrogens with zero attached hydrogens (tertiary/aromatic N) is 2. The Hall–Kier alpha value is -2.56. The Morgan fingerprint density at radius 3 is 2.31 bits per heavy atom. The Morgan fingerprint density at radius 1 is 1.04 bits per heavy atom. The molecule has 5 heteroatoms. The fourth-order valence-corrected chi connectivity index (χ4v) is 3.27. The van der Waals surface area contributed by atoms with Gasteiger partial charge < -0.3 is 14.5 Å². The number of carbonyl (C=O) groups excluding carboxylic acids is 1. The van der Waals surface area contributed by atoms with Crippen molar-refractivity contribution in [1.29, 1.82) is 0 Å². The quantitative estimate of drug-likeness (QED) is 0.840. The first kappa shape index (κ1) is 18.2. The van der Waals surface area contributed by atoms with Crippen LogP contribution in [-0.4, -0.2) is 43.1 Å². The fraction of sp³-hybridized carbons (Fsp3) is 0.381. The third-order valence-electron chi connectivity index (χ3n) is 4.77. The van der Waals surface area contributed by atoms with Gasteiger partial charge in [0.2, 0.25) is 0 Å². The molecule has 1 aliphatic heterocycles. The third kappa shape index (κ3) is 4.15. The van der Waals surface area contributed by atoms with Gasteiger partial charge in [-0.3, -0.25) is 4.79 Å². The average Bonchev–Trinajstić information content (AvgIpc) is 2.64. The van der Waals surface area contributed by atoms with E-state index in [2.05, 4.69) is 4.90 Å². The molecule has 0 aromatic heterocycles. The molecular formula is C21H25FN2O2. The summed E-state index contributed by atoms with van der Waals surface area (Å²) in [6.45, 7) is 8.55. The van der Waals surface area contributed by atoms with E-state index in [1.807, 2.05) is 36.9 Å². The highest BCUT2D eigenvalue weighted by atomic mass is 19.1. The molecule has 1 amide bonds. The topological polar surface area (TPSA) is 32.8 Å². The van der Waals surface area contributed by atoms with Crippen molar-refractivity contribution in [3.8, 4) is 5.75 Å². The Balaban J connectivity index is 1.56. The molecule has 4 nitrogen and oxygen atoms in total. The van der Waals surface area contributed by atoms with Gasteiger partial charge >= 0.3 is 0 Å². The summed E-state index contributed by atoms with van der Waals surface area (Å²) >= 11 is 0. The van der Waals surface area contributed by atoms with Crippen molar-refractivity contribution in [2.24, 2.45) is 0 Å². The number of anilines is 1. The van der Waals surface area contributed by atoms with Crippen LogP contribution in [0.25, 0.3) is 0 Å². The number of carbonyl (C=O) groups is 1. The molecule has 2 aromatic carbocycles. The number of piperazine rings is 1. The molecule has 0 unspecified atom stereocenters. The molecule has 3 rings (SSSR count). The minimum absolute atomic E-state index is 0.00345. The Bertz CT molecular complexity index is 768. The predicted molar refractivity (Wildman–Crippen MR) is 101 cm³/mol. The highest BCUT2D eigenvalue weighted by Gasteiger charge is 2.26. The molecule has 0 spiro atoms. The normalized spacial score (nSPS) is 15.7. The third-order valence-corrected chi connectivity index (χ3v) is 4.77. The molecule has 0 N–H and O–H groups in total. The lowest BCUT2D eigenvalue weighted by molar-refractivity contribution is -0.138. The highest BCUT2D eigenvalue weighted by molar-refractivity contribution is 5.81. The first-order chi connectivity index (χ1) is 12.4. The van der Waals surface area contributed by atoms with Crippen LogP contribution in [0.4, 0.5) is 10.1 Å². The molecule has 0 radical (unpaired) electrons. The van der Waals surface area contributed by atoms with Crippen molar-refractivity contribution in [1.82, 2.24) is 4.90 Å². The molecule has 1 heterocycles. The maximum absolute atomic E-state index is 13.1. The van der Waals surface area contributed by atoms with E-state index < -0.39 is 6.10 Å². The van der Waals surface area contributed by atoms with Crippen LogP contribution in [0, 0.1) is 19.7 Å². The minimum atomic E-state index is -0.520. The van der Waals surface area contributed by atoms with Crippen LogP contribution in [0.15, 0.2) is 42.5 Å². The van der Waals surface area contributed by atoms with Gasteiger partial charge in [0, 0.05) is 31.9 Å². The summed E-state index contributed by atoms with van der Waals surface area (Å²) in [5, 5.41) is 0. The molecule has 2 aromatic rings. The van der Waals surface area contributed by atoms with E-state index in [1.165, 1.54) is 17.7 Å². The van der Waals surface area contributed by atoms with Crippen molar-refractivity contribution in [2.75, 3.05) is 31.1 Å². The van der Waals surface area contributed by atoms with Crippen LogP contribution in [0.3, 0.4) is 0 Å². The van der Waals surface area contributed by atoms with E-state index in [9.17, 15) is 9.18 Å². The number of benzene rings is 2. The summed E-state index contributed by atoms with van der Waals surface area (Å²) in [6, 6.07) is 12.4. The molecule has 0 saturated carbocycles. The van der Waals surface area contributed by atoms with Gasteiger partial charge in [-0.05, 0) is 56.7 Å². The van der Waals surface area contributed by atoms with Crippen molar-refractivity contribution >= 4 is 11.6 Å². The maximum Gasteiger partial charge on any atom is 0.263 e. The van der Waals surface area contributed by atoms with Gasteiger partial charge in [-0.25, -0.2) is 4.39 Å². The SMILES string of the molecule is Cc1ccc(O[C@@H](C)C(=O)N2CCN(c3ccc(F)cc3)CC2)c(C)c1. The van der Waals surface area contributed by atoms with Crippen LogP contribution in [-0.2, 0) is 4.79 Å². The number of hydrogen-bond donors (Lipinski definition) is 0. The van der Waals surface area contributed by atoms with Crippen LogP contribution in [0.1, 0.15) is 18.1 Å². The fourth-order valence-electron chi connectivity index (χ4n) is 3.27. The number of hydrogen-bond acceptors (Lipinski definition) is 3. The van der Waals surface area contributed by atoms with Gasteiger partial charge in [0.15, 0.2) is 6.10 Å². The second-order valence-electron chi connectivity index (χ2n) is 6.82. The molecule has 1 atom stereocenters. The van der Waals surface area contributed by atoms with Crippen molar-refractivity contribution < 1.29 is 13.9 Å². The van der Waals surface area contributed by atoms with Crippen LogP contribution in [0.5, 0.6) is 5.75 Å². The van der Waals surface area contributed by atoms with Crippen LogP contribution in [0.2, 0.25) is 0 Å². The molecule has 26 heavy (non-hydrogen) atoms. The zero-order valence-corrected chi connectivity index (χ0v) is 15.5. The van der Waals surface area contributed by atoms with E-state index in [1.54, 1.807) is 19.1 Å². The second-order valence-corrected chi connectivity index (χ2v) is 6.82. The van der Waals surface area contributed by atoms with E-state index in [-0.39, 0.29) is 11.7 Å². The summed E-state index contributed by atoms with van der Waals surface area (Å²) in [5.41, 5.74) is 3.19. The number of rotatable bonds is 4. The van der Waals surface area contributed by atoms with Crippen molar-refractivity contribution in [3.63, 3.8) is 0 Å². The van der Waals surface area contributed by atoms with Gasteiger partial charge in [-0.1, -0.05) is 17.7 Å². The summed E-state index contributed by atoms with van der Waals surface area (Å²) in [7, 11) is 0. The summed E-state index contributed by atoms with van der Waals surface area (Å²) in [5.74, 6) is 0.519. The number of halogens is 1. The second kappa shape index (κ2) is 7.77. The maximum atomic E-state index is 13.1. The van der Waals surface area contributed by atoms with Crippen molar-refractivity contribution in [3.05, 3.63) is 59.4 Å². The molecule has 138 valence electrons. The Morgan fingerprint density at radius 2 is 1.69 bits per heavy atom. The van der Waals surface area contributed by atoms with Gasteiger partial charge in [-0.15, -0.1) is 0 Å². The summed E-state index contributed by atoms with van der Waals surface area (Å²) < 4.78 is 18.9. The highest BCUT2D eigenvalue weighted by Crippen LogP contribution is 2.21. The molecule has 1 saturated heterocycles. The lowest BCUT2D eigenvalue weighted by Gasteiger charge is -2.37. The number of ether oxygens (including phenoxy) is 1. The minimum Gasteiger partial charge on any atom is -0.481 e. The zero-order valence-electron chi connectivity index (χ0n) is 15.5. The molecular weight excluding hydrogens is 331 g/mol.